The molecule has 0 unspecified atom stereocenters. The van der Waals surface area contributed by atoms with E-state index in [1.54, 1.807) is 47.6 Å². The highest BCUT2D eigenvalue weighted by molar-refractivity contribution is 7.89. The van der Waals surface area contributed by atoms with E-state index in [1.165, 1.54) is 4.31 Å². The van der Waals surface area contributed by atoms with Gasteiger partial charge in [0.1, 0.15) is 5.75 Å². The fourth-order valence-corrected chi connectivity index (χ4v) is 5.13. The van der Waals surface area contributed by atoms with Crippen molar-refractivity contribution >= 4 is 21.1 Å². The van der Waals surface area contributed by atoms with Crippen molar-refractivity contribution in [1.29, 1.82) is 0 Å². The van der Waals surface area contributed by atoms with Gasteiger partial charge in [0.15, 0.2) is 0 Å². The first-order valence-electron chi connectivity index (χ1n) is 9.42. The molecule has 1 aliphatic rings. The Balaban J connectivity index is 1.47. The van der Waals surface area contributed by atoms with Crippen LogP contribution in [0.4, 0.5) is 0 Å². The van der Waals surface area contributed by atoms with Crippen molar-refractivity contribution < 1.29 is 13.2 Å². The number of nitrogens with zero attached hydrogens (tertiary/aromatic N) is 4. The highest BCUT2D eigenvalue weighted by Crippen LogP contribution is 2.21. The molecule has 0 bridgehead atoms. The SMILES string of the molecule is COc1ccc(S(=O)(=O)N2CCN(Cn3c(=O)n(C)c4ccccc43)CC2)cc1. The van der Waals surface area contributed by atoms with Crippen LogP contribution in [-0.2, 0) is 23.7 Å². The van der Waals surface area contributed by atoms with E-state index in [1.807, 2.05) is 24.3 Å². The minimum Gasteiger partial charge on any atom is -0.497 e. The number of para-hydroxylation sites is 2. The van der Waals surface area contributed by atoms with Crippen LogP contribution in [0.1, 0.15) is 0 Å². The van der Waals surface area contributed by atoms with E-state index in [-0.39, 0.29) is 10.6 Å². The van der Waals surface area contributed by atoms with Gasteiger partial charge in [-0.3, -0.25) is 14.0 Å². The van der Waals surface area contributed by atoms with Crippen molar-refractivity contribution in [3.63, 3.8) is 0 Å². The number of imidazole rings is 1. The van der Waals surface area contributed by atoms with Gasteiger partial charge in [0.25, 0.3) is 0 Å². The van der Waals surface area contributed by atoms with Crippen LogP contribution < -0.4 is 10.4 Å². The third-order valence-corrected chi connectivity index (χ3v) is 7.33. The molecule has 2 heterocycles. The van der Waals surface area contributed by atoms with Gasteiger partial charge >= 0.3 is 5.69 Å². The fraction of sp³-hybridized carbons (Fsp3) is 0.350. The van der Waals surface area contributed by atoms with Crippen LogP contribution in [0.25, 0.3) is 11.0 Å². The van der Waals surface area contributed by atoms with E-state index in [9.17, 15) is 13.2 Å². The summed E-state index contributed by atoms with van der Waals surface area (Å²) >= 11 is 0. The molecular formula is C20H24N4O4S. The minimum atomic E-state index is -3.54. The second-order valence-electron chi connectivity index (χ2n) is 7.10. The predicted molar refractivity (Wildman–Crippen MR) is 111 cm³/mol. The molecule has 0 radical (unpaired) electrons. The quantitative estimate of drug-likeness (QED) is 0.627. The molecule has 0 amide bonds. The van der Waals surface area contributed by atoms with Crippen molar-refractivity contribution in [2.75, 3.05) is 33.3 Å². The van der Waals surface area contributed by atoms with Crippen LogP contribution in [-0.4, -0.2) is 60.0 Å². The molecule has 8 nitrogen and oxygen atoms in total. The van der Waals surface area contributed by atoms with Crippen LogP contribution in [0.15, 0.2) is 58.2 Å². The van der Waals surface area contributed by atoms with Gasteiger partial charge in [-0.15, -0.1) is 0 Å². The zero-order valence-electron chi connectivity index (χ0n) is 16.5. The lowest BCUT2D eigenvalue weighted by molar-refractivity contribution is 0.152. The number of rotatable bonds is 5. The smallest absolute Gasteiger partial charge is 0.329 e. The zero-order valence-corrected chi connectivity index (χ0v) is 17.3. The Morgan fingerprint density at radius 3 is 2.17 bits per heavy atom. The standard InChI is InChI=1S/C20H24N4O4S/c1-21-18-5-3-4-6-19(18)24(20(21)25)15-22-11-13-23(14-12-22)29(26,27)17-9-7-16(28-2)8-10-17/h3-10H,11-15H2,1-2H3. The van der Waals surface area contributed by atoms with Gasteiger partial charge in [0, 0.05) is 33.2 Å². The molecule has 0 N–H and O–H groups in total. The van der Waals surface area contributed by atoms with Gasteiger partial charge < -0.3 is 4.74 Å². The molecule has 0 atom stereocenters. The van der Waals surface area contributed by atoms with Crippen molar-refractivity contribution in [1.82, 2.24) is 18.3 Å². The maximum absolute atomic E-state index is 12.9. The summed E-state index contributed by atoms with van der Waals surface area (Å²) in [6.45, 7) is 2.33. The maximum Gasteiger partial charge on any atom is 0.329 e. The Labute approximate surface area is 169 Å². The van der Waals surface area contributed by atoms with E-state index >= 15 is 0 Å². The molecule has 1 aromatic heterocycles. The number of sulfonamides is 1. The van der Waals surface area contributed by atoms with Crippen LogP contribution >= 0.6 is 0 Å². The number of fused-ring (bicyclic) bond motifs is 1. The summed E-state index contributed by atoms with van der Waals surface area (Å²) in [6.07, 6.45) is 0. The van der Waals surface area contributed by atoms with Crippen molar-refractivity contribution in [2.45, 2.75) is 11.6 Å². The van der Waals surface area contributed by atoms with Crippen molar-refractivity contribution in [2.24, 2.45) is 7.05 Å². The third kappa shape index (κ3) is 3.57. The van der Waals surface area contributed by atoms with Gasteiger partial charge in [0.2, 0.25) is 10.0 Å². The second kappa shape index (κ2) is 7.66. The Bertz CT molecular complexity index is 1170. The van der Waals surface area contributed by atoms with Crippen LogP contribution in [0, 0.1) is 0 Å². The van der Waals surface area contributed by atoms with E-state index in [0.29, 0.717) is 38.6 Å². The molecule has 9 heteroatoms. The summed E-state index contributed by atoms with van der Waals surface area (Å²) in [5.41, 5.74) is 1.70. The lowest BCUT2D eigenvalue weighted by Crippen LogP contribution is -2.49. The Morgan fingerprint density at radius 1 is 0.931 bits per heavy atom. The predicted octanol–water partition coefficient (Wildman–Crippen LogP) is 1.31. The van der Waals surface area contributed by atoms with Crippen LogP contribution in [0.2, 0.25) is 0 Å². The van der Waals surface area contributed by atoms with Crippen LogP contribution in [0.5, 0.6) is 5.75 Å². The van der Waals surface area contributed by atoms with Gasteiger partial charge in [-0.1, -0.05) is 12.1 Å². The summed E-state index contributed by atoms with van der Waals surface area (Å²) < 4.78 is 35.8. The Kier molecular flexibility index (Phi) is 5.20. The largest absolute Gasteiger partial charge is 0.497 e. The number of aromatic nitrogens is 2. The summed E-state index contributed by atoms with van der Waals surface area (Å²) in [4.78, 5) is 15.0. The topological polar surface area (TPSA) is 76.8 Å². The molecular weight excluding hydrogens is 392 g/mol. The van der Waals surface area contributed by atoms with Crippen LogP contribution in [0.3, 0.4) is 0 Å². The number of piperazine rings is 1. The molecule has 154 valence electrons. The summed E-state index contributed by atoms with van der Waals surface area (Å²) in [6, 6.07) is 14.1. The first-order valence-corrected chi connectivity index (χ1v) is 10.9. The monoisotopic (exact) mass is 416 g/mol. The molecule has 1 saturated heterocycles. The van der Waals surface area contributed by atoms with Gasteiger partial charge in [-0.05, 0) is 36.4 Å². The van der Waals surface area contributed by atoms with Gasteiger partial charge in [-0.25, -0.2) is 13.2 Å². The normalized spacial score (nSPS) is 16.3. The van der Waals surface area contributed by atoms with E-state index < -0.39 is 10.0 Å². The third-order valence-electron chi connectivity index (χ3n) is 5.42. The number of aryl methyl sites for hydroxylation is 1. The lowest BCUT2D eigenvalue weighted by Gasteiger charge is -2.34. The number of methoxy groups -OCH3 is 1. The molecule has 2 aromatic carbocycles. The van der Waals surface area contributed by atoms with Gasteiger partial charge in [0.05, 0.1) is 29.7 Å². The molecule has 0 saturated carbocycles. The fourth-order valence-electron chi connectivity index (χ4n) is 3.71. The van der Waals surface area contributed by atoms with Crippen molar-refractivity contribution in [3.05, 3.63) is 59.0 Å². The average Bonchev–Trinajstić information content (AvgIpc) is 2.99. The molecule has 0 spiro atoms. The molecule has 0 aliphatic carbocycles. The molecule has 29 heavy (non-hydrogen) atoms. The first kappa shape index (κ1) is 19.7. The summed E-state index contributed by atoms with van der Waals surface area (Å²) in [7, 11) is -0.234. The van der Waals surface area contributed by atoms with E-state index in [4.69, 9.17) is 4.74 Å². The highest BCUT2D eigenvalue weighted by Gasteiger charge is 2.29. The molecule has 4 rings (SSSR count). The molecule has 3 aromatic rings. The average molecular weight is 417 g/mol. The first-order chi connectivity index (χ1) is 13.9. The number of ether oxygens (including phenoxy) is 1. The molecule has 1 fully saturated rings. The number of benzene rings is 2. The lowest BCUT2D eigenvalue weighted by atomic mass is 10.3. The number of hydrogen-bond donors (Lipinski definition) is 0. The summed E-state index contributed by atoms with van der Waals surface area (Å²) in [5.74, 6) is 0.620. The minimum absolute atomic E-state index is 0.0699. The second-order valence-corrected chi connectivity index (χ2v) is 9.04. The zero-order chi connectivity index (χ0) is 20.6. The highest BCUT2D eigenvalue weighted by atomic mass is 32.2. The van der Waals surface area contributed by atoms with E-state index in [2.05, 4.69) is 4.90 Å². The van der Waals surface area contributed by atoms with Gasteiger partial charge in [-0.2, -0.15) is 4.31 Å². The Morgan fingerprint density at radius 2 is 1.55 bits per heavy atom. The summed E-state index contributed by atoms with van der Waals surface area (Å²) in [5, 5.41) is 0. The van der Waals surface area contributed by atoms with E-state index in [0.717, 1.165) is 11.0 Å². The maximum atomic E-state index is 12.9. The number of hydrogen-bond acceptors (Lipinski definition) is 5. The Hall–Kier alpha value is -2.62. The molecule has 1 aliphatic heterocycles. The van der Waals surface area contributed by atoms with Crippen molar-refractivity contribution in [3.8, 4) is 5.75 Å².